The Morgan fingerprint density at radius 3 is 2.33 bits per heavy atom. The molecule has 0 aliphatic rings. The van der Waals surface area contributed by atoms with Crippen LogP contribution in [0.3, 0.4) is 0 Å². The van der Waals surface area contributed by atoms with Crippen LogP contribution in [0.4, 0.5) is 0 Å². The number of hydrogen-bond donors (Lipinski definition) is 2. The third kappa shape index (κ3) is 5.91. The number of hydrogen-bond acceptors (Lipinski definition) is 3. The van der Waals surface area contributed by atoms with Crippen molar-refractivity contribution in [3.05, 3.63) is 94.8 Å². The Bertz CT molecular complexity index is 1020. The molecule has 6 heteroatoms. The maximum atomic E-state index is 12.1. The Labute approximate surface area is 176 Å². The molecule has 0 aliphatic carbocycles. The molecule has 0 spiro atoms. The number of carbonyl (C=O) groups is 2. The summed E-state index contributed by atoms with van der Waals surface area (Å²) in [6.07, 6.45) is 3.13. The summed E-state index contributed by atoms with van der Waals surface area (Å²) in [7, 11) is 0. The molecule has 30 heavy (non-hydrogen) atoms. The Morgan fingerprint density at radius 1 is 0.967 bits per heavy atom. The number of aryl methyl sites for hydroxylation is 1. The summed E-state index contributed by atoms with van der Waals surface area (Å²) in [6.45, 7) is 4.92. The predicted molar refractivity (Wildman–Crippen MR) is 118 cm³/mol. The molecular formula is C24H26N4O2. The van der Waals surface area contributed by atoms with Crippen LogP contribution in [0.5, 0.6) is 0 Å². The maximum Gasteiger partial charge on any atom is 0.244 e. The molecular weight excluding hydrogens is 376 g/mol. The molecule has 0 saturated carbocycles. The summed E-state index contributed by atoms with van der Waals surface area (Å²) in [6, 6.07) is 19.6. The van der Waals surface area contributed by atoms with Gasteiger partial charge in [-0.15, -0.1) is 0 Å². The minimum Gasteiger partial charge on any atom is -0.350 e. The van der Waals surface area contributed by atoms with Gasteiger partial charge in [0.05, 0.1) is 18.8 Å². The van der Waals surface area contributed by atoms with E-state index in [1.807, 2.05) is 67.1 Å². The number of carbonyl (C=O) groups excluding carboxylic acids is 2. The molecule has 3 aromatic rings. The molecule has 2 amide bonds. The zero-order valence-electron chi connectivity index (χ0n) is 17.3. The molecule has 0 aliphatic heterocycles. The fourth-order valence-electron chi connectivity index (χ4n) is 3.11. The molecule has 3 rings (SSSR count). The van der Waals surface area contributed by atoms with E-state index in [1.54, 1.807) is 6.08 Å². The van der Waals surface area contributed by atoms with Crippen molar-refractivity contribution in [2.45, 2.75) is 26.9 Å². The van der Waals surface area contributed by atoms with Crippen molar-refractivity contribution in [2.75, 3.05) is 6.54 Å². The summed E-state index contributed by atoms with van der Waals surface area (Å²) in [5, 5.41) is 10.1. The Hall–Kier alpha value is -3.67. The minimum atomic E-state index is -0.308. The van der Waals surface area contributed by atoms with Crippen LogP contribution in [0.25, 0.3) is 6.08 Å². The summed E-state index contributed by atoms with van der Waals surface area (Å²) < 4.78 is 1.95. The molecule has 2 aromatic carbocycles. The molecule has 2 N–H and O–H groups in total. The molecule has 154 valence electrons. The molecule has 0 fully saturated rings. The third-order valence-electron chi connectivity index (χ3n) is 4.82. The first kappa shape index (κ1) is 21.0. The van der Waals surface area contributed by atoms with Crippen LogP contribution >= 0.6 is 0 Å². The second kappa shape index (κ2) is 10.2. The maximum absolute atomic E-state index is 12.1. The molecule has 0 saturated heterocycles. The van der Waals surface area contributed by atoms with Gasteiger partial charge in [-0.25, -0.2) is 0 Å². The Kier molecular flexibility index (Phi) is 7.16. The fourth-order valence-corrected chi connectivity index (χ4v) is 3.11. The third-order valence-corrected chi connectivity index (χ3v) is 4.82. The van der Waals surface area contributed by atoms with Gasteiger partial charge in [-0.2, -0.15) is 5.10 Å². The molecule has 0 bridgehead atoms. The van der Waals surface area contributed by atoms with Crippen LogP contribution in [0.1, 0.15) is 28.1 Å². The van der Waals surface area contributed by atoms with Crippen LogP contribution in [0.15, 0.2) is 66.7 Å². The van der Waals surface area contributed by atoms with Crippen molar-refractivity contribution >= 4 is 17.9 Å². The number of rotatable bonds is 8. The van der Waals surface area contributed by atoms with E-state index >= 15 is 0 Å². The lowest BCUT2D eigenvalue weighted by Gasteiger charge is -2.08. The van der Waals surface area contributed by atoms with Crippen molar-refractivity contribution in [1.29, 1.82) is 0 Å². The second-order valence-corrected chi connectivity index (χ2v) is 7.03. The first-order valence-electron chi connectivity index (χ1n) is 9.87. The van der Waals surface area contributed by atoms with E-state index in [0.717, 1.165) is 22.5 Å². The van der Waals surface area contributed by atoms with Gasteiger partial charge in [0.2, 0.25) is 11.8 Å². The van der Waals surface area contributed by atoms with Gasteiger partial charge in [0.15, 0.2) is 0 Å². The van der Waals surface area contributed by atoms with E-state index in [1.165, 1.54) is 11.6 Å². The van der Waals surface area contributed by atoms with E-state index in [9.17, 15) is 9.59 Å². The van der Waals surface area contributed by atoms with Crippen molar-refractivity contribution in [2.24, 2.45) is 0 Å². The average Bonchev–Trinajstić information content (AvgIpc) is 3.03. The van der Waals surface area contributed by atoms with Gasteiger partial charge in [0.25, 0.3) is 0 Å². The average molecular weight is 402 g/mol. The van der Waals surface area contributed by atoms with Crippen LogP contribution in [0.2, 0.25) is 0 Å². The SMILES string of the molecule is Cc1nn(Cc2ccccc2)c(C)c1CNC(=O)CNC(=O)/C=C/c1ccccc1. The van der Waals surface area contributed by atoms with Crippen LogP contribution < -0.4 is 10.6 Å². The molecule has 0 unspecified atom stereocenters. The van der Waals surface area contributed by atoms with E-state index in [4.69, 9.17) is 0 Å². The van der Waals surface area contributed by atoms with Crippen molar-refractivity contribution in [1.82, 2.24) is 20.4 Å². The first-order valence-corrected chi connectivity index (χ1v) is 9.87. The topological polar surface area (TPSA) is 76.0 Å². The lowest BCUT2D eigenvalue weighted by Crippen LogP contribution is -2.36. The molecule has 0 radical (unpaired) electrons. The first-order chi connectivity index (χ1) is 14.5. The standard InChI is InChI=1S/C24H26N4O2/c1-18-22(19(2)28(27-18)17-21-11-7-4-8-12-21)15-25-24(30)16-26-23(29)14-13-20-9-5-3-6-10-20/h3-14H,15-17H2,1-2H3,(H,25,30)(H,26,29)/b14-13+. The van der Waals surface area contributed by atoms with E-state index in [2.05, 4.69) is 27.9 Å². The highest BCUT2D eigenvalue weighted by molar-refractivity contribution is 5.94. The Morgan fingerprint density at radius 2 is 1.63 bits per heavy atom. The minimum absolute atomic E-state index is 0.0752. The van der Waals surface area contributed by atoms with Gasteiger partial charge in [0.1, 0.15) is 0 Å². The van der Waals surface area contributed by atoms with Crippen LogP contribution in [0, 0.1) is 13.8 Å². The molecule has 0 atom stereocenters. The summed E-state index contributed by atoms with van der Waals surface area (Å²) in [5.41, 5.74) is 5.00. The summed E-state index contributed by atoms with van der Waals surface area (Å²) in [4.78, 5) is 24.0. The second-order valence-electron chi connectivity index (χ2n) is 7.03. The number of amides is 2. The van der Waals surface area contributed by atoms with Crippen molar-refractivity contribution < 1.29 is 9.59 Å². The quantitative estimate of drug-likeness (QED) is 0.569. The molecule has 1 aromatic heterocycles. The number of nitrogens with one attached hydrogen (secondary N) is 2. The lowest BCUT2D eigenvalue weighted by molar-refractivity contribution is -0.124. The highest BCUT2D eigenvalue weighted by atomic mass is 16.2. The van der Waals surface area contributed by atoms with E-state index in [-0.39, 0.29) is 18.4 Å². The van der Waals surface area contributed by atoms with Crippen molar-refractivity contribution in [3.8, 4) is 0 Å². The molecule has 1 heterocycles. The van der Waals surface area contributed by atoms with E-state index < -0.39 is 0 Å². The highest BCUT2D eigenvalue weighted by Crippen LogP contribution is 2.14. The largest absolute Gasteiger partial charge is 0.350 e. The summed E-state index contributed by atoms with van der Waals surface area (Å²) >= 11 is 0. The van der Waals surface area contributed by atoms with Gasteiger partial charge in [-0.3, -0.25) is 14.3 Å². The monoisotopic (exact) mass is 402 g/mol. The van der Waals surface area contributed by atoms with Gasteiger partial charge >= 0.3 is 0 Å². The molecule has 6 nitrogen and oxygen atoms in total. The fraction of sp³-hybridized carbons (Fsp3) is 0.208. The van der Waals surface area contributed by atoms with Crippen LogP contribution in [-0.4, -0.2) is 28.1 Å². The number of benzene rings is 2. The highest BCUT2D eigenvalue weighted by Gasteiger charge is 2.13. The van der Waals surface area contributed by atoms with Gasteiger partial charge in [-0.05, 0) is 31.1 Å². The lowest BCUT2D eigenvalue weighted by atomic mass is 10.2. The number of aromatic nitrogens is 2. The van der Waals surface area contributed by atoms with Gasteiger partial charge in [0, 0.05) is 23.9 Å². The summed E-state index contributed by atoms with van der Waals surface area (Å²) in [5.74, 6) is -0.553. The normalized spacial score (nSPS) is 10.9. The van der Waals surface area contributed by atoms with Gasteiger partial charge in [-0.1, -0.05) is 60.7 Å². The zero-order chi connectivity index (χ0) is 21.3. The number of nitrogens with zero attached hydrogens (tertiary/aromatic N) is 2. The zero-order valence-corrected chi connectivity index (χ0v) is 17.3. The van der Waals surface area contributed by atoms with E-state index in [0.29, 0.717) is 13.1 Å². The van der Waals surface area contributed by atoms with Crippen LogP contribution in [-0.2, 0) is 22.7 Å². The van der Waals surface area contributed by atoms with Gasteiger partial charge < -0.3 is 10.6 Å². The van der Waals surface area contributed by atoms with Crippen molar-refractivity contribution in [3.63, 3.8) is 0 Å². The predicted octanol–water partition coefficient (Wildman–Crippen LogP) is 2.99. The Balaban J connectivity index is 1.48. The smallest absolute Gasteiger partial charge is 0.244 e.